The van der Waals surface area contributed by atoms with Crippen molar-refractivity contribution >= 4 is 6.09 Å². The molecule has 13 heavy (non-hydrogen) atoms. The SMILES string of the molecule is NC(=O)On1cc(F)c(=O)[nH]c1=O. The molecule has 0 spiro atoms. The fourth-order valence-corrected chi connectivity index (χ4v) is 0.597. The van der Waals surface area contributed by atoms with Crippen LogP contribution in [0.1, 0.15) is 0 Å². The third kappa shape index (κ3) is 1.92. The third-order valence-electron chi connectivity index (χ3n) is 1.06. The zero-order valence-corrected chi connectivity index (χ0v) is 6.11. The summed E-state index contributed by atoms with van der Waals surface area (Å²) in [5, 5.41) is 0. The Morgan fingerprint density at radius 1 is 1.62 bits per heavy atom. The van der Waals surface area contributed by atoms with Crippen LogP contribution in [0.15, 0.2) is 15.8 Å². The summed E-state index contributed by atoms with van der Waals surface area (Å²) >= 11 is 0. The highest BCUT2D eigenvalue weighted by atomic mass is 19.1. The summed E-state index contributed by atoms with van der Waals surface area (Å²) in [6.07, 6.45) is -0.889. The Bertz CT molecular complexity index is 448. The number of halogens is 1. The number of rotatable bonds is 1. The Morgan fingerprint density at radius 2 is 2.23 bits per heavy atom. The fourth-order valence-electron chi connectivity index (χ4n) is 0.597. The predicted molar refractivity (Wildman–Crippen MR) is 37.4 cm³/mol. The lowest BCUT2D eigenvalue weighted by Gasteiger charge is -2.00. The molecule has 1 rings (SSSR count). The summed E-state index contributed by atoms with van der Waals surface area (Å²) in [5.41, 5.74) is 2.25. The number of amides is 1. The average molecular weight is 189 g/mol. The van der Waals surface area contributed by atoms with Crippen molar-refractivity contribution in [2.75, 3.05) is 0 Å². The Morgan fingerprint density at radius 3 is 2.77 bits per heavy atom. The zero-order chi connectivity index (χ0) is 10.0. The van der Waals surface area contributed by atoms with Gasteiger partial charge >= 0.3 is 11.8 Å². The first kappa shape index (κ1) is 8.97. The molecule has 0 saturated carbocycles. The topological polar surface area (TPSA) is 107 Å². The van der Waals surface area contributed by atoms with Gasteiger partial charge in [0, 0.05) is 0 Å². The summed E-state index contributed by atoms with van der Waals surface area (Å²) in [6.45, 7) is 0. The van der Waals surface area contributed by atoms with Gasteiger partial charge in [0.05, 0.1) is 6.20 Å². The molecule has 0 unspecified atom stereocenters. The van der Waals surface area contributed by atoms with Crippen LogP contribution in [-0.2, 0) is 0 Å². The molecule has 70 valence electrons. The molecule has 0 bridgehead atoms. The van der Waals surface area contributed by atoms with Crippen LogP contribution in [0.3, 0.4) is 0 Å². The van der Waals surface area contributed by atoms with Crippen LogP contribution < -0.4 is 21.8 Å². The van der Waals surface area contributed by atoms with E-state index in [2.05, 4.69) is 10.6 Å². The molecule has 8 heteroatoms. The zero-order valence-electron chi connectivity index (χ0n) is 6.11. The van der Waals surface area contributed by atoms with E-state index in [0.29, 0.717) is 6.20 Å². The Balaban J connectivity index is 3.24. The number of nitrogens with one attached hydrogen (secondary N) is 1. The molecule has 3 N–H and O–H groups in total. The van der Waals surface area contributed by atoms with Crippen molar-refractivity contribution in [3.05, 3.63) is 32.9 Å². The Hall–Kier alpha value is -2.12. The van der Waals surface area contributed by atoms with E-state index in [0.717, 1.165) is 0 Å². The number of hydrogen-bond donors (Lipinski definition) is 2. The summed E-state index contributed by atoms with van der Waals surface area (Å²) < 4.78 is 12.7. The van der Waals surface area contributed by atoms with Crippen molar-refractivity contribution in [2.45, 2.75) is 0 Å². The first-order valence-corrected chi connectivity index (χ1v) is 3.00. The quantitative estimate of drug-likeness (QED) is 0.542. The van der Waals surface area contributed by atoms with Crippen LogP contribution in [-0.4, -0.2) is 15.8 Å². The van der Waals surface area contributed by atoms with Crippen LogP contribution in [0.4, 0.5) is 9.18 Å². The van der Waals surface area contributed by atoms with Gasteiger partial charge in [-0.15, -0.1) is 4.73 Å². The van der Waals surface area contributed by atoms with Crippen molar-refractivity contribution in [3.63, 3.8) is 0 Å². The van der Waals surface area contributed by atoms with E-state index in [-0.39, 0.29) is 4.73 Å². The van der Waals surface area contributed by atoms with E-state index < -0.39 is 23.2 Å². The van der Waals surface area contributed by atoms with E-state index in [1.807, 2.05) is 0 Å². The van der Waals surface area contributed by atoms with E-state index in [9.17, 15) is 18.8 Å². The maximum atomic E-state index is 12.5. The lowest BCUT2D eigenvalue weighted by atomic mass is 10.6. The van der Waals surface area contributed by atoms with Gasteiger partial charge in [-0.3, -0.25) is 9.78 Å². The number of primary amides is 1. The van der Waals surface area contributed by atoms with E-state index >= 15 is 0 Å². The van der Waals surface area contributed by atoms with Gasteiger partial charge in [-0.2, -0.15) is 4.39 Å². The molecule has 0 saturated heterocycles. The Labute approximate surface area is 69.5 Å². The highest BCUT2D eigenvalue weighted by Crippen LogP contribution is 1.80. The summed E-state index contributed by atoms with van der Waals surface area (Å²) in [6, 6.07) is 0. The molecule has 0 aliphatic heterocycles. The van der Waals surface area contributed by atoms with Crippen molar-refractivity contribution in [1.82, 2.24) is 9.71 Å². The molecular formula is C5H4FN3O4. The molecule has 0 atom stereocenters. The molecule has 7 nitrogen and oxygen atoms in total. The van der Waals surface area contributed by atoms with Crippen molar-refractivity contribution in [3.8, 4) is 0 Å². The van der Waals surface area contributed by atoms with Crippen molar-refractivity contribution in [1.29, 1.82) is 0 Å². The highest BCUT2D eigenvalue weighted by Gasteiger charge is 2.05. The van der Waals surface area contributed by atoms with Gasteiger partial charge in [-0.1, -0.05) is 0 Å². The number of nitrogens with zero attached hydrogens (tertiary/aromatic N) is 1. The summed E-state index contributed by atoms with van der Waals surface area (Å²) in [5.74, 6) is -1.26. The maximum absolute atomic E-state index is 12.5. The van der Waals surface area contributed by atoms with Gasteiger partial charge in [-0.05, 0) is 0 Å². The van der Waals surface area contributed by atoms with Gasteiger partial charge in [0.15, 0.2) is 0 Å². The van der Waals surface area contributed by atoms with Crippen LogP contribution in [0.2, 0.25) is 0 Å². The highest BCUT2D eigenvalue weighted by molar-refractivity contribution is 5.64. The second kappa shape index (κ2) is 3.09. The number of hydrogen-bond acceptors (Lipinski definition) is 4. The summed E-state index contributed by atoms with van der Waals surface area (Å²) in [7, 11) is 0. The molecule has 1 heterocycles. The number of carbonyl (C=O) groups is 1. The minimum absolute atomic E-state index is 0.180. The predicted octanol–water partition coefficient (Wildman–Crippen LogP) is -1.82. The molecule has 1 aromatic rings. The molecule has 0 radical (unpaired) electrons. The van der Waals surface area contributed by atoms with Gasteiger partial charge in [0.25, 0.3) is 5.56 Å². The molecular weight excluding hydrogens is 185 g/mol. The van der Waals surface area contributed by atoms with Crippen LogP contribution in [0.5, 0.6) is 0 Å². The van der Waals surface area contributed by atoms with E-state index in [4.69, 9.17) is 0 Å². The fraction of sp³-hybridized carbons (Fsp3) is 0. The minimum atomic E-state index is -1.30. The van der Waals surface area contributed by atoms with Gasteiger partial charge in [-0.25, -0.2) is 9.59 Å². The van der Waals surface area contributed by atoms with E-state index in [1.165, 1.54) is 0 Å². The minimum Gasteiger partial charge on any atom is -0.333 e. The van der Waals surface area contributed by atoms with Gasteiger partial charge < -0.3 is 10.6 Å². The van der Waals surface area contributed by atoms with Crippen LogP contribution in [0.25, 0.3) is 0 Å². The second-order valence-electron chi connectivity index (χ2n) is 1.97. The maximum Gasteiger partial charge on any atom is 0.429 e. The average Bonchev–Trinajstić information content (AvgIpc) is 1.99. The van der Waals surface area contributed by atoms with E-state index in [1.54, 1.807) is 4.98 Å². The molecule has 1 amide bonds. The molecule has 0 aromatic carbocycles. The smallest absolute Gasteiger partial charge is 0.333 e. The number of aromatic amines is 1. The number of nitrogens with two attached hydrogens (primary N) is 1. The Kier molecular flexibility index (Phi) is 2.13. The molecule has 1 aromatic heterocycles. The summed E-state index contributed by atoms with van der Waals surface area (Å²) in [4.78, 5) is 36.9. The first-order chi connectivity index (χ1) is 6.00. The second-order valence-corrected chi connectivity index (χ2v) is 1.97. The molecule has 0 aliphatic carbocycles. The van der Waals surface area contributed by atoms with Gasteiger partial charge in [0.1, 0.15) is 0 Å². The standard InChI is InChI=1S/C5H4FN3O4/c6-2-1-9(13-4(7)11)5(12)8-3(2)10/h1H,(H2,7,11)(H,8,10,12). The van der Waals surface area contributed by atoms with Crippen molar-refractivity contribution in [2.24, 2.45) is 5.73 Å². The largest absolute Gasteiger partial charge is 0.429 e. The van der Waals surface area contributed by atoms with Crippen LogP contribution >= 0.6 is 0 Å². The monoisotopic (exact) mass is 189 g/mol. The van der Waals surface area contributed by atoms with Crippen LogP contribution in [0, 0.1) is 5.82 Å². The number of aromatic nitrogens is 2. The normalized spacial score (nSPS) is 9.62. The lowest BCUT2D eigenvalue weighted by Crippen LogP contribution is -2.38. The first-order valence-electron chi connectivity index (χ1n) is 3.00. The van der Waals surface area contributed by atoms with Crippen molar-refractivity contribution < 1.29 is 14.0 Å². The number of carbonyl (C=O) groups excluding carboxylic acids is 1. The van der Waals surface area contributed by atoms with Gasteiger partial charge in [0.2, 0.25) is 5.82 Å². The third-order valence-corrected chi connectivity index (χ3v) is 1.06. The lowest BCUT2D eigenvalue weighted by molar-refractivity contribution is 0.134. The number of H-pyrrole nitrogens is 1. The molecule has 0 fully saturated rings. The molecule has 0 aliphatic rings.